The fraction of sp³-hybridized carbons (Fsp3) is 0.143. The number of benzene rings is 3. The van der Waals surface area contributed by atoms with Gasteiger partial charge in [0, 0.05) is 18.4 Å². The fourth-order valence-electron chi connectivity index (χ4n) is 3.40. The summed E-state index contributed by atoms with van der Waals surface area (Å²) in [4.78, 5) is 26.6. The van der Waals surface area contributed by atoms with Crippen LogP contribution in [0.25, 0.3) is 10.8 Å². The summed E-state index contributed by atoms with van der Waals surface area (Å²) in [5.74, 6) is -3.15. The van der Waals surface area contributed by atoms with Crippen LogP contribution in [0.5, 0.6) is 0 Å². The summed E-state index contributed by atoms with van der Waals surface area (Å²) >= 11 is 0. The average Bonchev–Trinajstić information content (AvgIpc) is 3.06. The molecule has 136 valence electrons. The predicted octanol–water partition coefficient (Wildman–Crippen LogP) is 4.11. The lowest BCUT2D eigenvalue weighted by atomic mass is 10.1. The zero-order chi connectivity index (χ0) is 19.0. The van der Waals surface area contributed by atoms with E-state index in [4.69, 9.17) is 0 Å². The minimum Gasteiger partial charge on any atom is -0.321 e. The van der Waals surface area contributed by atoms with Gasteiger partial charge in [-0.2, -0.15) is 0 Å². The molecule has 0 saturated carbocycles. The maximum absolute atomic E-state index is 13.8. The van der Waals surface area contributed by atoms with Crippen LogP contribution in [0.15, 0.2) is 60.7 Å². The molecule has 0 aromatic heterocycles. The Morgan fingerprint density at radius 2 is 1.63 bits per heavy atom. The van der Waals surface area contributed by atoms with Gasteiger partial charge in [0.15, 0.2) is 0 Å². The molecule has 4 rings (SSSR count). The quantitative estimate of drug-likeness (QED) is 0.758. The molecule has 1 N–H and O–H groups in total. The van der Waals surface area contributed by atoms with E-state index in [1.54, 1.807) is 4.90 Å². The molecule has 0 aliphatic carbocycles. The van der Waals surface area contributed by atoms with Crippen molar-refractivity contribution in [1.82, 2.24) is 0 Å². The zero-order valence-corrected chi connectivity index (χ0v) is 14.3. The number of fused-ring (bicyclic) bond motifs is 1. The van der Waals surface area contributed by atoms with Crippen molar-refractivity contribution in [2.75, 3.05) is 16.8 Å². The number of hydrogen-bond donors (Lipinski definition) is 1. The lowest BCUT2D eigenvalue weighted by Gasteiger charge is -2.19. The first kappa shape index (κ1) is 17.1. The third-order valence-corrected chi connectivity index (χ3v) is 4.76. The average molecular weight is 366 g/mol. The molecule has 1 atom stereocenters. The van der Waals surface area contributed by atoms with Crippen molar-refractivity contribution in [2.24, 2.45) is 5.92 Å². The van der Waals surface area contributed by atoms with Crippen LogP contribution in [0, 0.1) is 17.6 Å². The Morgan fingerprint density at radius 3 is 2.41 bits per heavy atom. The summed E-state index contributed by atoms with van der Waals surface area (Å²) in [7, 11) is 0. The van der Waals surface area contributed by atoms with E-state index in [0.29, 0.717) is 0 Å². The largest absolute Gasteiger partial charge is 0.321 e. The van der Waals surface area contributed by atoms with E-state index in [-0.39, 0.29) is 18.9 Å². The van der Waals surface area contributed by atoms with Gasteiger partial charge < -0.3 is 10.2 Å². The van der Waals surface area contributed by atoms with Crippen LogP contribution in [0.3, 0.4) is 0 Å². The summed E-state index contributed by atoms with van der Waals surface area (Å²) in [5.41, 5.74) is 0.240. The number of hydrogen-bond acceptors (Lipinski definition) is 2. The second-order valence-corrected chi connectivity index (χ2v) is 6.49. The highest BCUT2D eigenvalue weighted by atomic mass is 19.1. The molecule has 0 bridgehead atoms. The van der Waals surface area contributed by atoms with E-state index in [1.807, 2.05) is 42.5 Å². The van der Waals surface area contributed by atoms with Crippen LogP contribution in [0.4, 0.5) is 20.2 Å². The number of anilines is 2. The molecule has 3 aromatic carbocycles. The summed E-state index contributed by atoms with van der Waals surface area (Å²) in [6.07, 6.45) is -0.00880. The predicted molar refractivity (Wildman–Crippen MR) is 99.4 cm³/mol. The topological polar surface area (TPSA) is 49.4 Å². The first-order valence-electron chi connectivity index (χ1n) is 8.57. The normalized spacial score (nSPS) is 16.7. The van der Waals surface area contributed by atoms with Crippen molar-refractivity contribution in [3.63, 3.8) is 0 Å². The summed E-state index contributed by atoms with van der Waals surface area (Å²) < 4.78 is 27.5. The number of nitrogens with zero attached hydrogens (tertiary/aromatic N) is 1. The van der Waals surface area contributed by atoms with Gasteiger partial charge in [-0.05, 0) is 23.6 Å². The highest BCUT2D eigenvalue weighted by molar-refractivity contribution is 6.08. The molecule has 1 aliphatic heterocycles. The fourth-order valence-corrected chi connectivity index (χ4v) is 3.40. The lowest BCUT2D eigenvalue weighted by molar-refractivity contribution is -0.122. The Morgan fingerprint density at radius 1 is 0.963 bits per heavy atom. The Balaban J connectivity index is 1.58. The molecule has 6 heteroatoms. The SMILES string of the molecule is O=C(Nc1c(F)cccc1F)[C@H]1CC(=O)N(c2cccc3ccccc23)C1. The van der Waals surface area contributed by atoms with Gasteiger partial charge in [-0.15, -0.1) is 0 Å². The number of amides is 2. The summed E-state index contributed by atoms with van der Waals surface area (Å²) in [6, 6.07) is 16.7. The molecule has 27 heavy (non-hydrogen) atoms. The molecular weight excluding hydrogens is 350 g/mol. The Hall–Kier alpha value is -3.28. The van der Waals surface area contributed by atoms with Crippen LogP contribution >= 0.6 is 0 Å². The standard InChI is InChI=1S/C21H16F2N2O2/c22-16-8-4-9-17(23)20(16)24-21(27)14-11-19(26)25(12-14)18-10-3-6-13-5-1-2-7-15(13)18/h1-10,14H,11-12H2,(H,24,27)/t14-/m0/s1. The van der Waals surface area contributed by atoms with Crippen molar-refractivity contribution in [1.29, 1.82) is 0 Å². The number of nitrogens with one attached hydrogen (secondary N) is 1. The van der Waals surface area contributed by atoms with E-state index in [9.17, 15) is 18.4 Å². The van der Waals surface area contributed by atoms with Crippen LogP contribution in [0.1, 0.15) is 6.42 Å². The molecule has 0 spiro atoms. The molecule has 1 fully saturated rings. The minimum atomic E-state index is -0.849. The van der Waals surface area contributed by atoms with E-state index >= 15 is 0 Å². The molecule has 2 amide bonds. The van der Waals surface area contributed by atoms with Gasteiger partial charge in [-0.25, -0.2) is 8.78 Å². The van der Waals surface area contributed by atoms with Crippen LogP contribution in [-0.4, -0.2) is 18.4 Å². The first-order valence-corrected chi connectivity index (χ1v) is 8.57. The highest BCUT2D eigenvalue weighted by Crippen LogP contribution is 2.32. The van der Waals surface area contributed by atoms with Crippen molar-refractivity contribution in [3.05, 3.63) is 72.3 Å². The van der Waals surface area contributed by atoms with Gasteiger partial charge >= 0.3 is 0 Å². The Kier molecular flexibility index (Phi) is 4.32. The number of rotatable bonds is 3. The molecule has 1 aliphatic rings. The first-order chi connectivity index (χ1) is 13.0. The molecule has 4 nitrogen and oxygen atoms in total. The smallest absolute Gasteiger partial charge is 0.229 e. The van der Waals surface area contributed by atoms with Crippen LogP contribution in [0.2, 0.25) is 0 Å². The van der Waals surface area contributed by atoms with Gasteiger partial charge in [0.25, 0.3) is 0 Å². The maximum Gasteiger partial charge on any atom is 0.229 e. The molecule has 0 unspecified atom stereocenters. The van der Waals surface area contributed by atoms with E-state index < -0.39 is 29.1 Å². The summed E-state index contributed by atoms with van der Waals surface area (Å²) in [6.45, 7) is 0.161. The number of carbonyl (C=O) groups excluding carboxylic acids is 2. The van der Waals surface area contributed by atoms with Crippen LogP contribution < -0.4 is 10.2 Å². The third-order valence-electron chi connectivity index (χ3n) is 4.76. The van der Waals surface area contributed by atoms with Gasteiger partial charge in [0.05, 0.1) is 11.6 Å². The lowest BCUT2D eigenvalue weighted by Crippen LogP contribution is -2.28. The number of para-hydroxylation sites is 1. The van der Waals surface area contributed by atoms with E-state index in [1.165, 1.54) is 6.07 Å². The molecule has 1 saturated heterocycles. The molecule has 0 radical (unpaired) electrons. The third kappa shape index (κ3) is 3.14. The van der Waals surface area contributed by atoms with Crippen molar-refractivity contribution >= 4 is 34.0 Å². The van der Waals surface area contributed by atoms with Gasteiger partial charge in [0.2, 0.25) is 11.8 Å². The second kappa shape index (κ2) is 6.79. The van der Waals surface area contributed by atoms with Crippen molar-refractivity contribution < 1.29 is 18.4 Å². The van der Waals surface area contributed by atoms with Crippen molar-refractivity contribution in [3.8, 4) is 0 Å². The molecule has 1 heterocycles. The second-order valence-electron chi connectivity index (χ2n) is 6.49. The van der Waals surface area contributed by atoms with Gasteiger partial charge in [-0.1, -0.05) is 42.5 Å². The summed E-state index contributed by atoms with van der Waals surface area (Å²) in [5, 5.41) is 4.18. The monoisotopic (exact) mass is 366 g/mol. The zero-order valence-electron chi connectivity index (χ0n) is 14.3. The van der Waals surface area contributed by atoms with Crippen molar-refractivity contribution in [2.45, 2.75) is 6.42 Å². The minimum absolute atomic E-state index is 0.00880. The van der Waals surface area contributed by atoms with Gasteiger partial charge in [0.1, 0.15) is 17.3 Å². The molecular formula is C21H16F2N2O2. The highest BCUT2D eigenvalue weighted by Gasteiger charge is 2.36. The maximum atomic E-state index is 13.8. The van der Waals surface area contributed by atoms with Gasteiger partial charge in [-0.3, -0.25) is 9.59 Å². The molecule has 3 aromatic rings. The number of halogens is 2. The Bertz CT molecular complexity index is 1030. The number of carbonyl (C=O) groups is 2. The Labute approximate surface area is 154 Å². The van der Waals surface area contributed by atoms with E-state index in [2.05, 4.69) is 5.32 Å². The van der Waals surface area contributed by atoms with E-state index in [0.717, 1.165) is 28.6 Å². The van der Waals surface area contributed by atoms with Crippen LogP contribution in [-0.2, 0) is 9.59 Å².